The zero-order chi connectivity index (χ0) is 24.0. The van der Waals surface area contributed by atoms with E-state index in [2.05, 4.69) is 51.7 Å². The second kappa shape index (κ2) is 15.4. The van der Waals surface area contributed by atoms with Crippen LogP contribution in [-0.4, -0.2) is 23.1 Å². The van der Waals surface area contributed by atoms with Gasteiger partial charge in [0.1, 0.15) is 11.7 Å². The molecule has 0 amide bonds. The van der Waals surface area contributed by atoms with Gasteiger partial charge >= 0.3 is 0 Å². The SMILES string of the molecule is C/C=C(\C)C(=N)N1CCc2c(C(=N)N)csc2C1.C/C=C\C=C/C(C)=C(C)C.CCC. The maximum atomic E-state index is 8.12. The van der Waals surface area contributed by atoms with Crippen LogP contribution in [0.4, 0.5) is 0 Å². The number of nitrogens with zero attached hydrogens (tertiary/aromatic N) is 1. The number of thiophene rings is 1. The van der Waals surface area contributed by atoms with Gasteiger partial charge in [-0.1, -0.05) is 61.8 Å². The molecule has 0 saturated carbocycles. The number of amidine groups is 2. The third-order valence-electron chi connectivity index (χ3n) is 4.80. The van der Waals surface area contributed by atoms with E-state index >= 15 is 0 Å². The summed E-state index contributed by atoms with van der Waals surface area (Å²) >= 11 is 1.64. The van der Waals surface area contributed by atoms with Gasteiger partial charge in [0, 0.05) is 22.4 Å². The average Bonchev–Trinajstić information content (AvgIpc) is 3.17. The highest BCUT2D eigenvalue weighted by molar-refractivity contribution is 7.10. The van der Waals surface area contributed by atoms with Crippen LogP contribution in [0.3, 0.4) is 0 Å². The molecule has 2 heterocycles. The standard InChI is InChI=1S/C13H18N4S.C10H16.C3H8/c1-3-8(2)13(16)17-5-4-9-10(12(14)15)7-18-11(9)6-17;1-5-6-7-8-10(4)9(2)3;1-3-2/h3,7,16H,4-6H2,1-2H3,(H3,14,15);5-8H,1-4H3;3H2,1-2H3/b8-3+,16-13?;6-5-,8-7-;. The van der Waals surface area contributed by atoms with Crippen LogP contribution < -0.4 is 5.73 Å². The number of nitrogens with one attached hydrogen (secondary N) is 2. The van der Waals surface area contributed by atoms with E-state index in [0.29, 0.717) is 5.84 Å². The molecule has 0 saturated heterocycles. The van der Waals surface area contributed by atoms with Crippen molar-refractivity contribution >= 4 is 23.0 Å². The molecule has 0 radical (unpaired) electrons. The number of rotatable bonds is 4. The molecular weight excluding hydrogens is 400 g/mol. The zero-order valence-corrected chi connectivity index (χ0v) is 21.5. The highest BCUT2D eigenvalue weighted by Crippen LogP contribution is 2.29. The Balaban J connectivity index is 0.000000588. The van der Waals surface area contributed by atoms with Gasteiger partial charge in [0.15, 0.2) is 0 Å². The fraction of sp³-hybridized carbons (Fsp3) is 0.462. The topological polar surface area (TPSA) is 77.0 Å². The van der Waals surface area contributed by atoms with Crippen molar-refractivity contribution in [3.05, 3.63) is 68.5 Å². The Hall–Kier alpha value is -2.40. The van der Waals surface area contributed by atoms with Gasteiger partial charge in [-0.15, -0.1) is 11.3 Å². The molecule has 0 atom stereocenters. The lowest BCUT2D eigenvalue weighted by Gasteiger charge is -2.29. The van der Waals surface area contributed by atoms with Gasteiger partial charge < -0.3 is 10.6 Å². The van der Waals surface area contributed by atoms with Crippen molar-refractivity contribution in [3.8, 4) is 0 Å². The molecule has 5 heteroatoms. The van der Waals surface area contributed by atoms with Gasteiger partial charge in [-0.25, -0.2) is 0 Å². The lowest BCUT2D eigenvalue weighted by molar-refractivity contribution is 0.396. The van der Waals surface area contributed by atoms with Crippen LogP contribution in [0.25, 0.3) is 0 Å². The predicted molar refractivity (Wildman–Crippen MR) is 141 cm³/mol. The summed E-state index contributed by atoms with van der Waals surface area (Å²) in [4.78, 5) is 3.32. The molecule has 4 N–H and O–H groups in total. The summed E-state index contributed by atoms with van der Waals surface area (Å²) in [6, 6.07) is 0. The highest BCUT2D eigenvalue weighted by Gasteiger charge is 2.23. The quantitative estimate of drug-likeness (QED) is 0.261. The third kappa shape index (κ3) is 9.97. The Kier molecular flexibility index (Phi) is 14.2. The lowest BCUT2D eigenvalue weighted by atomic mass is 10.0. The first-order valence-corrected chi connectivity index (χ1v) is 11.9. The van der Waals surface area contributed by atoms with Crippen LogP contribution in [0.2, 0.25) is 0 Å². The summed E-state index contributed by atoms with van der Waals surface area (Å²) in [5.74, 6) is 0.751. The Morgan fingerprint density at radius 2 is 1.74 bits per heavy atom. The van der Waals surface area contributed by atoms with E-state index in [1.54, 1.807) is 11.3 Å². The zero-order valence-electron chi connectivity index (χ0n) is 20.7. The maximum Gasteiger partial charge on any atom is 0.123 e. The van der Waals surface area contributed by atoms with Crippen molar-refractivity contribution in [1.29, 1.82) is 10.8 Å². The average molecular weight is 443 g/mol. The van der Waals surface area contributed by atoms with Crippen LogP contribution in [-0.2, 0) is 13.0 Å². The molecular formula is C26H42N4S. The summed E-state index contributed by atoms with van der Waals surface area (Å²) in [5.41, 5.74) is 11.4. The molecule has 1 aliphatic rings. The van der Waals surface area contributed by atoms with Crippen molar-refractivity contribution < 1.29 is 0 Å². The Bertz CT molecular complexity index is 834. The van der Waals surface area contributed by atoms with Crippen molar-refractivity contribution in [3.63, 3.8) is 0 Å². The number of fused-ring (bicyclic) bond motifs is 1. The van der Waals surface area contributed by atoms with Crippen LogP contribution in [0.5, 0.6) is 0 Å². The summed E-state index contributed by atoms with van der Waals surface area (Å²) in [6.45, 7) is 18.1. The molecule has 0 unspecified atom stereocenters. The minimum absolute atomic E-state index is 0.153. The van der Waals surface area contributed by atoms with E-state index in [1.807, 2.05) is 44.4 Å². The van der Waals surface area contributed by atoms with E-state index < -0.39 is 0 Å². The number of nitrogen functional groups attached to an aromatic ring is 1. The number of allylic oxidation sites excluding steroid dienone is 7. The Morgan fingerprint density at radius 3 is 2.23 bits per heavy atom. The van der Waals surface area contributed by atoms with Crippen molar-refractivity contribution in [2.75, 3.05) is 6.54 Å². The molecule has 4 nitrogen and oxygen atoms in total. The minimum atomic E-state index is 0.153. The molecule has 0 aromatic carbocycles. The third-order valence-corrected chi connectivity index (χ3v) is 5.81. The number of hydrogen-bond acceptors (Lipinski definition) is 3. The largest absolute Gasteiger partial charge is 0.384 e. The van der Waals surface area contributed by atoms with E-state index in [9.17, 15) is 0 Å². The smallest absolute Gasteiger partial charge is 0.123 e. The summed E-state index contributed by atoms with van der Waals surface area (Å²) in [6.07, 6.45) is 12.3. The van der Waals surface area contributed by atoms with Gasteiger partial charge in [0.2, 0.25) is 0 Å². The van der Waals surface area contributed by atoms with Crippen molar-refractivity contribution in [1.82, 2.24) is 4.90 Å². The first-order valence-electron chi connectivity index (χ1n) is 11.0. The van der Waals surface area contributed by atoms with Gasteiger partial charge in [-0.2, -0.15) is 0 Å². The molecule has 0 spiro atoms. The molecule has 0 aliphatic carbocycles. The van der Waals surface area contributed by atoms with Crippen molar-refractivity contribution in [2.45, 2.75) is 74.8 Å². The van der Waals surface area contributed by atoms with Crippen LogP contribution in [0.15, 0.2) is 52.5 Å². The fourth-order valence-electron chi connectivity index (χ4n) is 2.61. The monoisotopic (exact) mass is 442 g/mol. The van der Waals surface area contributed by atoms with E-state index in [-0.39, 0.29) is 5.84 Å². The van der Waals surface area contributed by atoms with E-state index in [4.69, 9.17) is 16.6 Å². The first kappa shape index (κ1) is 28.6. The first-order chi connectivity index (χ1) is 14.6. The van der Waals surface area contributed by atoms with Crippen LogP contribution >= 0.6 is 11.3 Å². The summed E-state index contributed by atoms with van der Waals surface area (Å²) in [7, 11) is 0. The van der Waals surface area contributed by atoms with Crippen molar-refractivity contribution in [2.24, 2.45) is 5.73 Å². The van der Waals surface area contributed by atoms with Gasteiger partial charge in [-0.05, 0) is 59.1 Å². The maximum absolute atomic E-state index is 8.12. The predicted octanol–water partition coefficient (Wildman–Crippen LogP) is 7.23. The fourth-order valence-corrected chi connectivity index (χ4v) is 3.72. The van der Waals surface area contributed by atoms with Gasteiger partial charge in [0.05, 0.1) is 6.54 Å². The lowest BCUT2D eigenvalue weighted by Crippen LogP contribution is -2.35. The Labute approximate surface area is 194 Å². The second-order valence-corrected chi connectivity index (χ2v) is 8.70. The molecule has 1 aromatic heterocycles. The highest BCUT2D eigenvalue weighted by atomic mass is 32.1. The molecule has 1 aromatic rings. The van der Waals surface area contributed by atoms with Gasteiger partial charge in [-0.3, -0.25) is 10.8 Å². The Morgan fingerprint density at radius 1 is 1.13 bits per heavy atom. The second-order valence-electron chi connectivity index (χ2n) is 7.73. The summed E-state index contributed by atoms with van der Waals surface area (Å²) in [5, 5.41) is 17.6. The van der Waals surface area contributed by atoms with E-state index in [1.165, 1.54) is 28.0 Å². The van der Waals surface area contributed by atoms with Gasteiger partial charge in [0.25, 0.3) is 0 Å². The molecule has 1 aliphatic heterocycles. The minimum Gasteiger partial charge on any atom is -0.384 e. The summed E-state index contributed by atoms with van der Waals surface area (Å²) < 4.78 is 0. The molecule has 0 bridgehead atoms. The number of hydrogen-bond donors (Lipinski definition) is 3. The molecule has 31 heavy (non-hydrogen) atoms. The van der Waals surface area contributed by atoms with Crippen LogP contribution in [0.1, 0.15) is 77.8 Å². The molecule has 172 valence electrons. The van der Waals surface area contributed by atoms with Crippen LogP contribution in [0, 0.1) is 10.8 Å². The molecule has 2 rings (SSSR count). The normalized spacial score (nSPS) is 13.2. The number of nitrogens with two attached hydrogens (primary N) is 1. The van der Waals surface area contributed by atoms with E-state index in [0.717, 1.165) is 30.6 Å². The molecule has 0 fully saturated rings.